The molecule has 2 aromatic rings. The van der Waals surface area contributed by atoms with Crippen LogP contribution in [0.25, 0.3) is 0 Å². The third-order valence-electron chi connectivity index (χ3n) is 2.91. The highest BCUT2D eigenvalue weighted by molar-refractivity contribution is 5.94. The van der Waals surface area contributed by atoms with Gasteiger partial charge < -0.3 is 4.90 Å². The summed E-state index contributed by atoms with van der Waals surface area (Å²) < 4.78 is 12.7. The average molecular weight is 273 g/mol. The molecule has 0 aliphatic carbocycles. The standard InChI is InChI=1S/C15H16FN3O/c1-19(11-12-3-2-7-17-9-12)8-6-15(20)14-5-4-13(16)10-18-14/h2-5,7,9-10H,6,8,11H2,1H3. The van der Waals surface area contributed by atoms with Crippen LogP contribution < -0.4 is 0 Å². The fourth-order valence-corrected chi connectivity index (χ4v) is 1.84. The van der Waals surface area contributed by atoms with Crippen molar-refractivity contribution in [3.05, 3.63) is 59.9 Å². The van der Waals surface area contributed by atoms with Gasteiger partial charge in [0.1, 0.15) is 11.5 Å². The van der Waals surface area contributed by atoms with Crippen LogP contribution in [-0.4, -0.2) is 34.2 Å². The van der Waals surface area contributed by atoms with Crippen molar-refractivity contribution in [2.24, 2.45) is 0 Å². The maximum atomic E-state index is 12.7. The monoisotopic (exact) mass is 273 g/mol. The predicted octanol–water partition coefficient (Wildman–Crippen LogP) is 2.32. The molecule has 0 aliphatic heterocycles. The van der Waals surface area contributed by atoms with E-state index in [0.29, 0.717) is 18.7 Å². The van der Waals surface area contributed by atoms with Crippen LogP contribution in [0.5, 0.6) is 0 Å². The second-order valence-corrected chi connectivity index (χ2v) is 4.63. The number of aromatic nitrogens is 2. The van der Waals surface area contributed by atoms with E-state index in [1.54, 1.807) is 12.4 Å². The quantitative estimate of drug-likeness (QED) is 0.758. The predicted molar refractivity (Wildman–Crippen MR) is 73.7 cm³/mol. The Morgan fingerprint density at radius 2 is 2.15 bits per heavy atom. The molecule has 5 heteroatoms. The summed E-state index contributed by atoms with van der Waals surface area (Å²) in [5, 5.41) is 0. The molecule has 0 spiro atoms. The molecule has 0 radical (unpaired) electrons. The van der Waals surface area contributed by atoms with E-state index >= 15 is 0 Å². The van der Waals surface area contributed by atoms with E-state index < -0.39 is 5.82 Å². The molecule has 0 N–H and O–H groups in total. The van der Waals surface area contributed by atoms with Gasteiger partial charge in [0.05, 0.1) is 6.20 Å². The summed E-state index contributed by atoms with van der Waals surface area (Å²) in [5.41, 5.74) is 1.41. The van der Waals surface area contributed by atoms with Crippen LogP contribution in [0.15, 0.2) is 42.9 Å². The molecule has 0 saturated carbocycles. The molecule has 0 unspecified atom stereocenters. The third kappa shape index (κ3) is 4.20. The summed E-state index contributed by atoms with van der Waals surface area (Å²) in [7, 11) is 1.94. The number of rotatable bonds is 6. The summed E-state index contributed by atoms with van der Waals surface area (Å²) in [6, 6.07) is 6.54. The van der Waals surface area contributed by atoms with Gasteiger partial charge in [-0.05, 0) is 30.8 Å². The van der Waals surface area contributed by atoms with Crippen LogP contribution in [0.2, 0.25) is 0 Å². The number of carbonyl (C=O) groups is 1. The Morgan fingerprint density at radius 3 is 2.80 bits per heavy atom. The van der Waals surface area contributed by atoms with Crippen LogP contribution in [0.4, 0.5) is 4.39 Å². The molecule has 0 aromatic carbocycles. The highest BCUT2D eigenvalue weighted by Crippen LogP contribution is 2.05. The Hall–Kier alpha value is -2.14. The molecule has 20 heavy (non-hydrogen) atoms. The van der Waals surface area contributed by atoms with Crippen molar-refractivity contribution in [1.29, 1.82) is 0 Å². The number of pyridine rings is 2. The van der Waals surface area contributed by atoms with Crippen LogP contribution in [0.3, 0.4) is 0 Å². The zero-order valence-corrected chi connectivity index (χ0v) is 11.3. The Kier molecular flexibility index (Phi) is 4.90. The number of hydrogen-bond donors (Lipinski definition) is 0. The molecular weight excluding hydrogens is 257 g/mol. The normalized spacial score (nSPS) is 10.8. The topological polar surface area (TPSA) is 46.1 Å². The fourth-order valence-electron chi connectivity index (χ4n) is 1.84. The maximum Gasteiger partial charge on any atom is 0.182 e. The van der Waals surface area contributed by atoms with Crippen molar-refractivity contribution in [1.82, 2.24) is 14.9 Å². The highest BCUT2D eigenvalue weighted by atomic mass is 19.1. The first-order chi connectivity index (χ1) is 9.65. The lowest BCUT2D eigenvalue weighted by Gasteiger charge is -2.15. The van der Waals surface area contributed by atoms with Crippen LogP contribution in [-0.2, 0) is 6.54 Å². The van der Waals surface area contributed by atoms with Gasteiger partial charge in [-0.3, -0.25) is 14.8 Å². The van der Waals surface area contributed by atoms with Crippen molar-refractivity contribution in [3.8, 4) is 0 Å². The lowest BCUT2D eigenvalue weighted by Crippen LogP contribution is -2.21. The molecule has 0 amide bonds. The lowest BCUT2D eigenvalue weighted by atomic mass is 10.2. The first kappa shape index (κ1) is 14.3. The Labute approximate surface area is 117 Å². The molecule has 0 bridgehead atoms. The summed E-state index contributed by atoms with van der Waals surface area (Å²) in [6.45, 7) is 1.35. The van der Waals surface area contributed by atoms with E-state index in [2.05, 4.69) is 9.97 Å². The van der Waals surface area contributed by atoms with E-state index in [-0.39, 0.29) is 5.78 Å². The van der Waals surface area contributed by atoms with E-state index in [4.69, 9.17) is 0 Å². The molecule has 0 aliphatic rings. The first-order valence-electron chi connectivity index (χ1n) is 6.37. The molecular formula is C15H16FN3O. The largest absolute Gasteiger partial charge is 0.302 e. The number of carbonyl (C=O) groups excluding carboxylic acids is 1. The number of halogens is 1. The highest BCUT2D eigenvalue weighted by Gasteiger charge is 2.09. The number of Topliss-reactive ketones (excluding diaryl/α,β-unsaturated/α-hetero) is 1. The average Bonchev–Trinajstić information content (AvgIpc) is 2.46. The van der Waals surface area contributed by atoms with Crippen molar-refractivity contribution >= 4 is 5.78 Å². The first-order valence-corrected chi connectivity index (χ1v) is 6.37. The zero-order valence-electron chi connectivity index (χ0n) is 11.3. The lowest BCUT2D eigenvalue weighted by molar-refractivity contribution is 0.0963. The van der Waals surface area contributed by atoms with Gasteiger partial charge in [0.2, 0.25) is 0 Å². The summed E-state index contributed by atoms with van der Waals surface area (Å²) >= 11 is 0. The Bertz CT molecular complexity index is 557. The summed E-state index contributed by atoms with van der Waals surface area (Å²) in [5.74, 6) is -0.515. The van der Waals surface area contributed by atoms with Crippen molar-refractivity contribution in [3.63, 3.8) is 0 Å². The maximum absolute atomic E-state index is 12.7. The molecule has 0 fully saturated rings. The van der Waals surface area contributed by atoms with Gasteiger partial charge in [-0.25, -0.2) is 4.39 Å². The van der Waals surface area contributed by atoms with Gasteiger partial charge in [-0.2, -0.15) is 0 Å². The van der Waals surface area contributed by atoms with Gasteiger partial charge in [0, 0.05) is 31.9 Å². The van der Waals surface area contributed by atoms with Crippen molar-refractivity contribution < 1.29 is 9.18 Å². The minimum atomic E-state index is -0.435. The molecule has 2 aromatic heterocycles. The number of hydrogen-bond acceptors (Lipinski definition) is 4. The van der Waals surface area contributed by atoms with Gasteiger partial charge in [0.25, 0.3) is 0 Å². The molecule has 2 rings (SSSR count). The minimum Gasteiger partial charge on any atom is -0.302 e. The zero-order chi connectivity index (χ0) is 14.4. The van der Waals surface area contributed by atoms with Gasteiger partial charge in [-0.1, -0.05) is 6.07 Å². The number of ketones is 1. The fraction of sp³-hybridized carbons (Fsp3) is 0.267. The minimum absolute atomic E-state index is 0.0805. The van der Waals surface area contributed by atoms with E-state index in [1.807, 2.05) is 24.1 Å². The number of nitrogens with zero attached hydrogens (tertiary/aromatic N) is 3. The summed E-state index contributed by atoms with van der Waals surface area (Å²) in [6.07, 6.45) is 4.95. The summed E-state index contributed by atoms with van der Waals surface area (Å²) in [4.78, 5) is 21.8. The molecule has 0 saturated heterocycles. The van der Waals surface area contributed by atoms with Crippen LogP contribution >= 0.6 is 0 Å². The van der Waals surface area contributed by atoms with Crippen LogP contribution in [0, 0.1) is 5.82 Å². The van der Waals surface area contributed by atoms with Crippen molar-refractivity contribution in [2.75, 3.05) is 13.6 Å². The second kappa shape index (κ2) is 6.86. The SMILES string of the molecule is CN(CCC(=O)c1ccc(F)cn1)Cc1cccnc1. The van der Waals surface area contributed by atoms with E-state index in [1.165, 1.54) is 12.1 Å². The van der Waals surface area contributed by atoms with Crippen molar-refractivity contribution in [2.45, 2.75) is 13.0 Å². The third-order valence-corrected chi connectivity index (χ3v) is 2.91. The molecule has 4 nitrogen and oxygen atoms in total. The molecule has 2 heterocycles. The van der Waals surface area contributed by atoms with E-state index in [0.717, 1.165) is 18.3 Å². The van der Waals surface area contributed by atoms with Gasteiger partial charge >= 0.3 is 0 Å². The molecule has 104 valence electrons. The van der Waals surface area contributed by atoms with Gasteiger partial charge in [-0.15, -0.1) is 0 Å². The van der Waals surface area contributed by atoms with Crippen LogP contribution in [0.1, 0.15) is 22.5 Å². The second-order valence-electron chi connectivity index (χ2n) is 4.63. The molecule has 0 atom stereocenters. The Balaban J connectivity index is 1.82. The van der Waals surface area contributed by atoms with Gasteiger partial charge in [0.15, 0.2) is 5.78 Å². The Morgan fingerprint density at radius 1 is 1.30 bits per heavy atom. The smallest absolute Gasteiger partial charge is 0.182 e. The van der Waals surface area contributed by atoms with E-state index in [9.17, 15) is 9.18 Å².